The van der Waals surface area contributed by atoms with Crippen LogP contribution in [-0.4, -0.2) is 26.4 Å². The lowest BCUT2D eigenvalue weighted by molar-refractivity contribution is 0.0975. The predicted octanol–water partition coefficient (Wildman–Crippen LogP) is 2.53. The highest BCUT2D eigenvalue weighted by Crippen LogP contribution is 2.16. The fraction of sp³-hybridized carbons (Fsp3) is 0.158. The molecule has 0 aliphatic rings. The van der Waals surface area contributed by atoms with Crippen molar-refractivity contribution in [1.82, 2.24) is 14.5 Å². The maximum absolute atomic E-state index is 12.5. The second kappa shape index (κ2) is 7.09. The van der Waals surface area contributed by atoms with E-state index in [-0.39, 0.29) is 11.3 Å². The first kappa shape index (κ1) is 16.6. The Morgan fingerprint density at radius 3 is 2.48 bits per heavy atom. The summed E-state index contributed by atoms with van der Waals surface area (Å²) in [5, 5.41) is 3.05. The van der Waals surface area contributed by atoms with E-state index in [4.69, 9.17) is 0 Å². The number of carbonyl (C=O) groups excluding carboxylic acids is 1. The van der Waals surface area contributed by atoms with Crippen molar-refractivity contribution in [1.29, 1.82) is 0 Å². The summed E-state index contributed by atoms with van der Waals surface area (Å²) >= 11 is 0. The molecule has 0 radical (unpaired) electrons. The number of rotatable bonds is 5. The number of hydrogen-bond donors (Lipinski definition) is 1. The number of anilines is 1. The standard InChI is InChI=1S/C19H18N4O2/c1-13(18(25)15-6-4-3-5-7-15)21-19-22-16(12-17(24)23(19)2)14-8-10-20-11-9-14/h3-13H,1-2H3,(H,21,22). The van der Waals surface area contributed by atoms with E-state index in [0.29, 0.717) is 17.2 Å². The summed E-state index contributed by atoms with van der Waals surface area (Å²) in [6.07, 6.45) is 3.28. The molecule has 1 aromatic carbocycles. The van der Waals surface area contributed by atoms with Crippen molar-refractivity contribution in [2.45, 2.75) is 13.0 Å². The van der Waals surface area contributed by atoms with Gasteiger partial charge in [0.2, 0.25) is 5.95 Å². The molecule has 0 bridgehead atoms. The molecule has 1 unspecified atom stereocenters. The van der Waals surface area contributed by atoms with E-state index in [0.717, 1.165) is 5.56 Å². The van der Waals surface area contributed by atoms with Crippen LogP contribution in [0.1, 0.15) is 17.3 Å². The second-order valence-electron chi connectivity index (χ2n) is 5.69. The molecule has 6 heteroatoms. The lowest BCUT2D eigenvalue weighted by Gasteiger charge is -2.16. The monoisotopic (exact) mass is 334 g/mol. The molecule has 3 rings (SSSR count). The van der Waals surface area contributed by atoms with E-state index in [1.165, 1.54) is 10.6 Å². The smallest absolute Gasteiger partial charge is 0.255 e. The molecule has 3 aromatic rings. The van der Waals surface area contributed by atoms with Crippen molar-refractivity contribution in [2.75, 3.05) is 5.32 Å². The molecule has 2 heterocycles. The highest BCUT2D eigenvalue weighted by molar-refractivity contribution is 6.01. The van der Waals surface area contributed by atoms with Gasteiger partial charge >= 0.3 is 0 Å². The average molecular weight is 334 g/mol. The van der Waals surface area contributed by atoms with Crippen molar-refractivity contribution >= 4 is 11.7 Å². The first-order valence-corrected chi connectivity index (χ1v) is 7.90. The van der Waals surface area contributed by atoms with Crippen LogP contribution in [0, 0.1) is 0 Å². The van der Waals surface area contributed by atoms with Crippen molar-refractivity contribution < 1.29 is 4.79 Å². The first-order chi connectivity index (χ1) is 12.1. The third kappa shape index (κ3) is 3.63. The van der Waals surface area contributed by atoms with Gasteiger partial charge in [-0.15, -0.1) is 0 Å². The number of benzene rings is 1. The van der Waals surface area contributed by atoms with Crippen LogP contribution in [0.2, 0.25) is 0 Å². The Morgan fingerprint density at radius 2 is 1.80 bits per heavy atom. The van der Waals surface area contributed by atoms with E-state index < -0.39 is 6.04 Å². The molecule has 0 spiro atoms. The molecular formula is C19H18N4O2. The van der Waals surface area contributed by atoms with Crippen LogP contribution in [0.25, 0.3) is 11.3 Å². The molecular weight excluding hydrogens is 316 g/mol. The Balaban J connectivity index is 1.91. The van der Waals surface area contributed by atoms with E-state index in [1.807, 2.05) is 18.2 Å². The van der Waals surface area contributed by atoms with Crippen LogP contribution >= 0.6 is 0 Å². The van der Waals surface area contributed by atoms with Crippen molar-refractivity contribution in [3.05, 3.63) is 76.8 Å². The van der Waals surface area contributed by atoms with Crippen LogP contribution in [0.3, 0.4) is 0 Å². The molecule has 6 nitrogen and oxygen atoms in total. The number of nitrogens with zero attached hydrogens (tertiary/aromatic N) is 3. The number of ketones is 1. The van der Waals surface area contributed by atoms with E-state index in [9.17, 15) is 9.59 Å². The van der Waals surface area contributed by atoms with Crippen LogP contribution in [0.15, 0.2) is 65.7 Å². The molecule has 0 aliphatic carbocycles. The molecule has 1 atom stereocenters. The number of Topliss-reactive ketones (excluding diaryl/α,β-unsaturated/α-hetero) is 1. The predicted molar refractivity (Wildman–Crippen MR) is 96.6 cm³/mol. The Kier molecular flexibility index (Phi) is 4.70. The van der Waals surface area contributed by atoms with Gasteiger partial charge in [-0.1, -0.05) is 30.3 Å². The van der Waals surface area contributed by atoms with Gasteiger partial charge in [-0.25, -0.2) is 4.98 Å². The van der Waals surface area contributed by atoms with Gasteiger partial charge in [-0.05, 0) is 19.1 Å². The zero-order valence-corrected chi connectivity index (χ0v) is 14.0. The molecule has 0 saturated carbocycles. The lowest BCUT2D eigenvalue weighted by atomic mass is 10.1. The third-order valence-corrected chi connectivity index (χ3v) is 3.91. The fourth-order valence-corrected chi connectivity index (χ4v) is 2.45. The Morgan fingerprint density at radius 1 is 1.12 bits per heavy atom. The van der Waals surface area contributed by atoms with E-state index in [1.54, 1.807) is 50.6 Å². The van der Waals surface area contributed by atoms with E-state index in [2.05, 4.69) is 15.3 Å². The Hall–Kier alpha value is -3.28. The molecule has 0 saturated heterocycles. The van der Waals surface area contributed by atoms with Gasteiger partial charge in [0.25, 0.3) is 5.56 Å². The largest absolute Gasteiger partial charge is 0.346 e. The summed E-state index contributed by atoms with van der Waals surface area (Å²) in [4.78, 5) is 33.2. The molecule has 25 heavy (non-hydrogen) atoms. The zero-order valence-electron chi connectivity index (χ0n) is 14.0. The molecule has 0 aliphatic heterocycles. The molecule has 1 N–H and O–H groups in total. The van der Waals surface area contributed by atoms with Gasteiger partial charge in [0.15, 0.2) is 5.78 Å². The lowest BCUT2D eigenvalue weighted by Crippen LogP contribution is -2.31. The minimum absolute atomic E-state index is 0.0656. The van der Waals surface area contributed by atoms with Gasteiger partial charge in [-0.3, -0.25) is 19.1 Å². The average Bonchev–Trinajstić information content (AvgIpc) is 2.66. The quantitative estimate of drug-likeness (QED) is 0.726. The Bertz CT molecular complexity index is 937. The van der Waals surface area contributed by atoms with Crippen LogP contribution in [0.4, 0.5) is 5.95 Å². The molecule has 2 aromatic heterocycles. The molecule has 126 valence electrons. The summed E-state index contributed by atoms with van der Waals surface area (Å²) < 4.78 is 1.39. The third-order valence-electron chi connectivity index (χ3n) is 3.91. The van der Waals surface area contributed by atoms with Crippen LogP contribution in [0.5, 0.6) is 0 Å². The molecule has 0 amide bonds. The summed E-state index contributed by atoms with van der Waals surface area (Å²) in [7, 11) is 1.62. The van der Waals surface area contributed by atoms with Crippen molar-refractivity contribution in [2.24, 2.45) is 7.05 Å². The first-order valence-electron chi connectivity index (χ1n) is 7.90. The maximum atomic E-state index is 12.5. The molecule has 0 fully saturated rings. The summed E-state index contributed by atoms with van der Waals surface area (Å²) in [5.41, 5.74) is 1.73. The van der Waals surface area contributed by atoms with Gasteiger partial charge in [0.1, 0.15) is 0 Å². The van der Waals surface area contributed by atoms with Crippen molar-refractivity contribution in [3.63, 3.8) is 0 Å². The normalized spacial score (nSPS) is 11.8. The van der Waals surface area contributed by atoms with Crippen LogP contribution < -0.4 is 10.9 Å². The zero-order chi connectivity index (χ0) is 17.8. The number of hydrogen-bond acceptors (Lipinski definition) is 5. The van der Waals surface area contributed by atoms with E-state index >= 15 is 0 Å². The number of aromatic nitrogens is 3. The minimum Gasteiger partial charge on any atom is -0.346 e. The summed E-state index contributed by atoms with van der Waals surface area (Å²) in [6, 6.07) is 13.5. The van der Waals surface area contributed by atoms with Gasteiger partial charge in [0.05, 0.1) is 11.7 Å². The maximum Gasteiger partial charge on any atom is 0.255 e. The topological polar surface area (TPSA) is 76.9 Å². The number of carbonyl (C=O) groups is 1. The minimum atomic E-state index is -0.520. The highest BCUT2D eigenvalue weighted by Gasteiger charge is 2.17. The highest BCUT2D eigenvalue weighted by atomic mass is 16.1. The van der Waals surface area contributed by atoms with Gasteiger partial charge in [-0.2, -0.15) is 0 Å². The van der Waals surface area contributed by atoms with Crippen LogP contribution in [-0.2, 0) is 7.05 Å². The summed E-state index contributed by atoms with van der Waals surface area (Å²) in [6.45, 7) is 1.75. The SMILES string of the molecule is CC(Nc1nc(-c2ccncc2)cc(=O)n1C)C(=O)c1ccccc1. The Labute approximate surface area is 145 Å². The number of pyridine rings is 1. The van der Waals surface area contributed by atoms with Gasteiger partial charge < -0.3 is 5.32 Å². The van der Waals surface area contributed by atoms with Crippen molar-refractivity contribution in [3.8, 4) is 11.3 Å². The van der Waals surface area contributed by atoms with Gasteiger partial charge in [0, 0.05) is 36.6 Å². The second-order valence-corrected chi connectivity index (χ2v) is 5.69. The fourth-order valence-electron chi connectivity index (χ4n) is 2.45. The number of nitrogens with one attached hydrogen (secondary N) is 1. The summed E-state index contributed by atoms with van der Waals surface area (Å²) in [5.74, 6) is 0.278.